The molecule has 1 aliphatic heterocycles. The van der Waals surface area contributed by atoms with E-state index < -0.39 is 6.09 Å². The number of benzene rings is 1. The van der Waals surface area contributed by atoms with E-state index >= 15 is 0 Å². The van der Waals surface area contributed by atoms with Gasteiger partial charge >= 0.3 is 6.09 Å². The van der Waals surface area contributed by atoms with Crippen molar-refractivity contribution in [3.63, 3.8) is 0 Å². The Morgan fingerprint density at radius 1 is 1.35 bits per heavy atom. The Balaban J connectivity index is 1.98. The van der Waals surface area contributed by atoms with E-state index in [0.717, 1.165) is 19.5 Å². The molecule has 1 aromatic rings. The zero-order valence-corrected chi connectivity index (χ0v) is 12.6. The Labute approximate surface area is 124 Å². The summed E-state index contributed by atoms with van der Waals surface area (Å²) in [6, 6.07) is 10.3. The highest BCUT2D eigenvalue weighted by molar-refractivity contribution is 7.99. The van der Waals surface area contributed by atoms with Crippen molar-refractivity contribution in [2.45, 2.75) is 42.5 Å². The van der Waals surface area contributed by atoms with Crippen LogP contribution in [0.25, 0.3) is 0 Å². The molecule has 4 nitrogen and oxygen atoms in total. The number of hydrogen-bond donors (Lipinski definition) is 2. The first-order valence-electron chi connectivity index (χ1n) is 7.10. The monoisotopic (exact) mass is 294 g/mol. The van der Waals surface area contributed by atoms with Gasteiger partial charge in [0.15, 0.2) is 0 Å². The molecule has 1 saturated heterocycles. The zero-order chi connectivity index (χ0) is 14.4. The van der Waals surface area contributed by atoms with E-state index in [1.54, 1.807) is 0 Å². The van der Waals surface area contributed by atoms with Crippen molar-refractivity contribution in [1.29, 1.82) is 0 Å². The molecule has 2 atom stereocenters. The minimum Gasteiger partial charge on any atom is -0.465 e. The molecule has 1 aromatic carbocycles. The smallest absolute Gasteiger partial charge is 0.404 e. The number of rotatable bonds is 6. The predicted octanol–water partition coefficient (Wildman–Crippen LogP) is 3.25. The summed E-state index contributed by atoms with van der Waals surface area (Å²) in [4.78, 5) is 14.5. The average Bonchev–Trinajstić information content (AvgIpc) is 2.92. The molecular formula is C15H22N2O2S. The van der Waals surface area contributed by atoms with Gasteiger partial charge in [-0.1, -0.05) is 18.2 Å². The fourth-order valence-corrected chi connectivity index (χ4v) is 3.90. The number of carboxylic acid groups (broad SMARTS) is 1. The van der Waals surface area contributed by atoms with Gasteiger partial charge in [0.25, 0.3) is 0 Å². The molecule has 1 heterocycles. The van der Waals surface area contributed by atoms with Gasteiger partial charge in [-0.05, 0) is 51.4 Å². The summed E-state index contributed by atoms with van der Waals surface area (Å²) in [5, 5.41) is 11.7. The minimum atomic E-state index is -0.942. The van der Waals surface area contributed by atoms with Crippen molar-refractivity contribution in [2.24, 2.45) is 0 Å². The minimum absolute atomic E-state index is 0.0330. The topological polar surface area (TPSA) is 52.6 Å². The molecule has 1 aliphatic rings. The molecule has 0 aliphatic carbocycles. The van der Waals surface area contributed by atoms with Gasteiger partial charge in [-0.3, -0.25) is 4.90 Å². The van der Waals surface area contributed by atoms with Crippen molar-refractivity contribution < 1.29 is 9.90 Å². The molecule has 0 unspecified atom stereocenters. The molecule has 1 amide bonds. The van der Waals surface area contributed by atoms with Crippen LogP contribution in [0.1, 0.15) is 26.2 Å². The van der Waals surface area contributed by atoms with E-state index in [4.69, 9.17) is 5.11 Å². The van der Waals surface area contributed by atoms with Gasteiger partial charge < -0.3 is 10.4 Å². The summed E-state index contributed by atoms with van der Waals surface area (Å²) in [6.07, 6.45) is 2.37. The number of nitrogens with one attached hydrogen (secondary N) is 1. The van der Waals surface area contributed by atoms with E-state index in [9.17, 15) is 4.79 Å². The standard InChI is InChI=1S/C15H22N2O2S/c1-12(16-15(18)19)11-14(17-9-5-6-10-17)20-13-7-3-2-4-8-13/h2-4,7-8,12,14,16H,5-6,9-11H2,1H3,(H,18,19)/t12-,14+/m1/s1. The molecule has 2 N–H and O–H groups in total. The highest BCUT2D eigenvalue weighted by Gasteiger charge is 2.25. The number of amides is 1. The van der Waals surface area contributed by atoms with Crippen LogP contribution in [0.5, 0.6) is 0 Å². The first kappa shape index (κ1) is 15.2. The largest absolute Gasteiger partial charge is 0.465 e. The van der Waals surface area contributed by atoms with Gasteiger partial charge in [-0.25, -0.2) is 4.79 Å². The van der Waals surface area contributed by atoms with Crippen LogP contribution in [-0.4, -0.2) is 40.6 Å². The Morgan fingerprint density at radius 2 is 2.00 bits per heavy atom. The molecule has 0 aromatic heterocycles. The SMILES string of the molecule is C[C@H](C[C@H](Sc1ccccc1)N1CCCC1)NC(=O)O. The number of likely N-dealkylation sites (tertiary alicyclic amines) is 1. The Hall–Kier alpha value is -1.20. The van der Waals surface area contributed by atoms with E-state index in [-0.39, 0.29) is 6.04 Å². The van der Waals surface area contributed by atoms with Crippen molar-refractivity contribution in [3.8, 4) is 0 Å². The lowest BCUT2D eigenvalue weighted by molar-refractivity contribution is 0.187. The van der Waals surface area contributed by atoms with Gasteiger partial charge in [0, 0.05) is 10.9 Å². The molecule has 2 rings (SSSR count). The predicted molar refractivity (Wildman–Crippen MR) is 82.1 cm³/mol. The summed E-state index contributed by atoms with van der Waals surface area (Å²) >= 11 is 1.83. The summed E-state index contributed by atoms with van der Waals surface area (Å²) < 4.78 is 0. The Morgan fingerprint density at radius 3 is 2.60 bits per heavy atom. The van der Waals surface area contributed by atoms with Crippen molar-refractivity contribution >= 4 is 17.9 Å². The van der Waals surface area contributed by atoms with Crippen LogP contribution in [0.4, 0.5) is 4.79 Å². The van der Waals surface area contributed by atoms with Gasteiger partial charge in [0.2, 0.25) is 0 Å². The fraction of sp³-hybridized carbons (Fsp3) is 0.533. The molecule has 0 bridgehead atoms. The molecule has 1 fully saturated rings. The molecule has 5 heteroatoms. The number of nitrogens with zero attached hydrogens (tertiary/aromatic N) is 1. The third kappa shape index (κ3) is 4.72. The Kier molecular flexibility index (Phi) is 5.73. The lowest BCUT2D eigenvalue weighted by atomic mass is 10.2. The van der Waals surface area contributed by atoms with E-state index in [2.05, 4.69) is 22.3 Å². The second kappa shape index (κ2) is 7.55. The second-order valence-electron chi connectivity index (χ2n) is 5.21. The average molecular weight is 294 g/mol. The third-order valence-corrected chi connectivity index (χ3v) is 4.80. The summed E-state index contributed by atoms with van der Waals surface area (Å²) in [5.74, 6) is 0. The first-order valence-corrected chi connectivity index (χ1v) is 7.98. The van der Waals surface area contributed by atoms with E-state index in [0.29, 0.717) is 5.37 Å². The molecular weight excluding hydrogens is 272 g/mol. The van der Waals surface area contributed by atoms with Crippen LogP contribution >= 0.6 is 11.8 Å². The van der Waals surface area contributed by atoms with Crippen molar-refractivity contribution in [1.82, 2.24) is 10.2 Å². The van der Waals surface area contributed by atoms with Crippen LogP contribution in [0.2, 0.25) is 0 Å². The fourth-order valence-electron chi connectivity index (χ4n) is 2.53. The lowest BCUT2D eigenvalue weighted by Crippen LogP contribution is -2.39. The normalized spacial score (nSPS) is 18.6. The third-order valence-electron chi connectivity index (χ3n) is 3.49. The highest BCUT2D eigenvalue weighted by atomic mass is 32.2. The van der Waals surface area contributed by atoms with Gasteiger partial charge in [-0.2, -0.15) is 0 Å². The van der Waals surface area contributed by atoms with Crippen molar-refractivity contribution in [2.75, 3.05) is 13.1 Å². The van der Waals surface area contributed by atoms with Gasteiger partial charge in [-0.15, -0.1) is 11.8 Å². The van der Waals surface area contributed by atoms with Gasteiger partial charge in [0.05, 0.1) is 5.37 Å². The second-order valence-corrected chi connectivity index (χ2v) is 6.47. The van der Waals surface area contributed by atoms with Crippen molar-refractivity contribution in [3.05, 3.63) is 30.3 Å². The van der Waals surface area contributed by atoms with E-state index in [1.165, 1.54) is 17.7 Å². The van der Waals surface area contributed by atoms with Crippen LogP contribution < -0.4 is 5.32 Å². The number of thioether (sulfide) groups is 1. The number of carbonyl (C=O) groups is 1. The quantitative estimate of drug-likeness (QED) is 0.791. The molecule has 110 valence electrons. The maximum atomic E-state index is 10.7. The van der Waals surface area contributed by atoms with Gasteiger partial charge in [0.1, 0.15) is 0 Å². The summed E-state index contributed by atoms with van der Waals surface area (Å²) in [6.45, 7) is 4.16. The maximum absolute atomic E-state index is 10.7. The van der Waals surface area contributed by atoms with E-state index in [1.807, 2.05) is 36.9 Å². The molecule has 20 heavy (non-hydrogen) atoms. The van der Waals surface area contributed by atoms with Crippen LogP contribution in [0.3, 0.4) is 0 Å². The molecule has 0 spiro atoms. The maximum Gasteiger partial charge on any atom is 0.404 e. The van der Waals surface area contributed by atoms with Crippen LogP contribution in [0, 0.1) is 0 Å². The summed E-state index contributed by atoms with van der Waals surface area (Å²) in [5.41, 5.74) is 0. The lowest BCUT2D eigenvalue weighted by Gasteiger charge is -2.29. The highest BCUT2D eigenvalue weighted by Crippen LogP contribution is 2.30. The summed E-state index contributed by atoms with van der Waals surface area (Å²) in [7, 11) is 0. The number of hydrogen-bond acceptors (Lipinski definition) is 3. The molecule has 0 saturated carbocycles. The Bertz CT molecular complexity index is 421. The zero-order valence-electron chi connectivity index (χ0n) is 11.8. The van der Waals surface area contributed by atoms with Crippen LogP contribution in [0.15, 0.2) is 35.2 Å². The van der Waals surface area contributed by atoms with Crippen LogP contribution in [-0.2, 0) is 0 Å². The molecule has 0 radical (unpaired) electrons. The first-order chi connectivity index (χ1) is 9.65.